The van der Waals surface area contributed by atoms with Crippen molar-refractivity contribution in [3.8, 4) is 0 Å². The Bertz CT molecular complexity index is 400. The van der Waals surface area contributed by atoms with Gasteiger partial charge in [0.15, 0.2) is 0 Å². The molecule has 1 heterocycles. The minimum absolute atomic E-state index is 0.110. The molecule has 0 aromatic carbocycles. The van der Waals surface area contributed by atoms with Crippen molar-refractivity contribution in [1.29, 1.82) is 0 Å². The fraction of sp³-hybridized carbons (Fsp3) is 0.889. The smallest absolute Gasteiger partial charge is 0.222 e. The summed E-state index contributed by atoms with van der Waals surface area (Å²) in [5.74, 6) is 1.07. The first-order chi connectivity index (χ1) is 10.4. The van der Waals surface area contributed by atoms with E-state index in [-0.39, 0.29) is 11.8 Å². The first-order valence-corrected chi connectivity index (χ1v) is 8.93. The highest BCUT2D eigenvalue weighted by molar-refractivity contribution is 5.80. The summed E-state index contributed by atoms with van der Waals surface area (Å²) in [6.07, 6.45) is 7.92. The number of carbonyl (C=O) groups is 2. The van der Waals surface area contributed by atoms with Crippen molar-refractivity contribution in [1.82, 2.24) is 10.2 Å². The van der Waals surface area contributed by atoms with Crippen LogP contribution >= 0.6 is 0 Å². The number of hydrogen-bond donors (Lipinski definition) is 1. The van der Waals surface area contributed by atoms with Crippen LogP contribution in [-0.4, -0.2) is 35.8 Å². The summed E-state index contributed by atoms with van der Waals surface area (Å²) in [6, 6.07) is 0.328. The maximum Gasteiger partial charge on any atom is 0.222 e. The zero-order valence-electron chi connectivity index (χ0n) is 14.5. The van der Waals surface area contributed by atoms with Crippen LogP contribution < -0.4 is 5.32 Å². The fourth-order valence-electron chi connectivity index (χ4n) is 3.79. The highest BCUT2D eigenvalue weighted by atomic mass is 16.2. The lowest BCUT2D eigenvalue weighted by molar-refractivity contribution is -0.128. The fourth-order valence-corrected chi connectivity index (χ4v) is 3.79. The van der Waals surface area contributed by atoms with Gasteiger partial charge in [-0.3, -0.25) is 9.59 Å². The quantitative estimate of drug-likeness (QED) is 0.811. The van der Waals surface area contributed by atoms with Gasteiger partial charge in [0.05, 0.1) is 0 Å². The van der Waals surface area contributed by atoms with Gasteiger partial charge < -0.3 is 10.2 Å². The number of nitrogens with one attached hydrogen (secondary N) is 1. The molecule has 0 radical (unpaired) electrons. The van der Waals surface area contributed by atoms with Gasteiger partial charge in [-0.2, -0.15) is 0 Å². The molecular weight excluding hydrogens is 276 g/mol. The average Bonchev–Trinajstić information content (AvgIpc) is 2.69. The van der Waals surface area contributed by atoms with E-state index in [0.29, 0.717) is 30.8 Å². The van der Waals surface area contributed by atoms with Crippen LogP contribution in [0.1, 0.15) is 72.1 Å². The Balaban J connectivity index is 1.71. The molecule has 2 fully saturated rings. The molecule has 0 bridgehead atoms. The molecule has 1 saturated carbocycles. The average molecular weight is 308 g/mol. The van der Waals surface area contributed by atoms with Crippen LogP contribution in [0.25, 0.3) is 0 Å². The molecule has 2 atom stereocenters. The lowest BCUT2D eigenvalue weighted by Gasteiger charge is -2.29. The zero-order chi connectivity index (χ0) is 16.2. The van der Waals surface area contributed by atoms with Gasteiger partial charge in [0.2, 0.25) is 11.8 Å². The minimum atomic E-state index is 0.110. The van der Waals surface area contributed by atoms with Crippen molar-refractivity contribution in [2.24, 2.45) is 11.3 Å². The van der Waals surface area contributed by atoms with E-state index < -0.39 is 0 Å². The van der Waals surface area contributed by atoms with Crippen molar-refractivity contribution in [3.05, 3.63) is 0 Å². The molecule has 1 N–H and O–H groups in total. The summed E-state index contributed by atoms with van der Waals surface area (Å²) >= 11 is 0. The normalized spacial score (nSPS) is 26.9. The van der Waals surface area contributed by atoms with Crippen molar-refractivity contribution >= 4 is 11.8 Å². The lowest BCUT2D eigenvalue weighted by Crippen LogP contribution is -2.37. The largest absolute Gasteiger partial charge is 0.353 e. The third-order valence-corrected chi connectivity index (χ3v) is 5.34. The Kier molecular flexibility index (Phi) is 5.87. The van der Waals surface area contributed by atoms with Crippen LogP contribution in [0.5, 0.6) is 0 Å². The van der Waals surface area contributed by atoms with Crippen LogP contribution in [-0.2, 0) is 9.59 Å². The second-order valence-corrected chi connectivity index (χ2v) is 8.07. The van der Waals surface area contributed by atoms with Crippen molar-refractivity contribution < 1.29 is 9.59 Å². The molecule has 0 spiro atoms. The summed E-state index contributed by atoms with van der Waals surface area (Å²) in [7, 11) is 0. The first kappa shape index (κ1) is 17.3. The number of amides is 2. The molecule has 0 aromatic heterocycles. The van der Waals surface area contributed by atoms with Crippen molar-refractivity contribution in [3.63, 3.8) is 0 Å². The van der Waals surface area contributed by atoms with E-state index in [1.54, 1.807) is 0 Å². The van der Waals surface area contributed by atoms with Gasteiger partial charge >= 0.3 is 0 Å². The Morgan fingerprint density at radius 2 is 1.95 bits per heavy atom. The molecule has 0 aromatic rings. The Labute approximate surface area is 135 Å². The maximum absolute atomic E-state index is 12.1. The van der Waals surface area contributed by atoms with E-state index in [4.69, 9.17) is 0 Å². The van der Waals surface area contributed by atoms with Crippen LogP contribution in [0.3, 0.4) is 0 Å². The number of carbonyl (C=O) groups excluding carboxylic acids is 2. The molecule has 0 unspecified atom stereocenters. The summed E-state index contributed by atoms with van der Waals surface area (Å²) in [5, 5.41) is 3.19. The van der Waals surface area contributed by atoms with Crippen LogP contribution in [0.15, 0.2) is 0 Å². The molecule has 1 aliphatic heterocycles. The number of likely N-dealkylation sites (tertiary alicyclic amines) is 1. The van der Waals surface area contributed by atoms with Crippen LogP contribution in [0.2, 0.25) is 0 Å². The third kappa shape index (κ3) is 4.99. The molecule has 126 valence electrons. The second kappa shape index (κ2) is 7.47. The van der Waals surface area contributed by atoms with Gasteiger partial charge in [-0.25, -0.2) is 0 Å². The van der Waals surface area contributed by atoms with Gasteiger partial charge in [0.25, 0.3) is 0 Å². The summed E-state index contributed by atoms with van der Waals surface area (Å²) in [5.41, 5.74) is 0.370. The molecule has 22 heavy (non-hydrogen) atoms. The van der Waals surface area contributed by atoms with Crippen LogP contribution in [0, 0.1) is 11.3 Å². The molecule has 4 heteroatoms. The van der Waals surface area contributed by atoms with E-state index >= 15 is 0 Å². The Morgan fingerprint density at radius 1 is 1.18 bits per heavy atom. The maximum atomic E-state index is 12.1. The molecule has 4 nitrogen and oxygen atoms in total. The molecule has 2 rings (SSSR count). The van der Waals surface area contributed by atoms with Gasteiger partial charge in [-0.15, -0.1) is 0 Å². The van der Waals surface area contributed by atoms with E-state index in [1.165, 1.54) is 19.3 Å². The summed E-state index contributed by atoms with van der Waals surface area (Å²) < 4.78 is 0. The lowest BCUT2D eigenvalue weighted by atomic mass is 9.76. The van der Waals surface area contributed by atoms with Crippen molar-refractivity contribution in [2.45, 2.75) is 78.2 Å². The van der Waals surface area contributed by atoms with Crippen molar-refractivity contribution in [2.75, 3.05) is 13.1 Å². The third-order valence-electron chi connectivity index (χ3n) is 5.34. The minimum Gasteiger partial charge on any atom is -0.353 e. The molecule has 2 amide bonds. The first-order valence-electron chi connectivity index (χ1n) is 8.93. The monoisotopic (exact) mass is 308 g/mol. The highest BCUT2D eigenvalue weighted by Crippen LogP contribution is 2.36. The van der Waals surface area contributed by atoms with E-state index in [9.17, 15) is 9.59 Å². The predicted octanol–water partition coefficient (Wildman–Crippen LogP) is 3.11. The van der Waals surface area contributed by atoms with Gasteiger partial charge in [-0.1, -0.05) is 27.2 Å². The van der Waals surface area contributed by atoms with Gasteiger partial charge in [-0.05, 0) is 43.4 Å². The number of rotatable bonds is 4. The van der Waals surface area contributed by atoms with Crippen LogP contribution in [0.4, 0.5) is 0 Å². The molecule has 2 aliphatic rings. The topological polar surface area (TPSA) is 49.4 Å². The predicted molar refractivity (Wildman–Crippen MR) is 88.4 cm³/mol. The standard InChI is InChI=1S/C18H32N2O2/c1-18(2,3)14-6-4-7-15(10-9-14)19-16(21)11-13-20-12-5-8-17(20)22/h14-15H,4-13H2,1-3H3,(H,19,21)/t14-,15-/m1/s1. The van der Waals surface area contributed by atoms with E-state index in [1.807, 2.05) is 4.90 Å². The highest BCUT2D eigenvalue weighted by Gasteiger charge is 2.28. The Morgan fingerprint density at radius 3 is 2.59 bits per heavy atom. The molecular formula is C18H32N2O2. The molecule has 1 aliphatic carbocycles. The SMILES string of the molecule is CC(C)(C)[C@@H]1CCC[C@@H](NC(=O)CCN2CCCC2=O)CC1. The van der Waals surface area contributed by atoms with Gasteiger partial charge in [0.1, 0.15) is 0 Å². The Hall–Kier alpha value is -1.06. The zero-order valence-corrected chi connectivity index (χ0v) is 14.5. The summed E-state index contributed by atoms with van der Waals surface area (Å²) in [4.78, 5) is 25.5. The van der Waals surface area contributed by atoms with Gasteiger partial charge in [0, 0.05) is 32.0 Å². The second-order valence-electron chi connectivity index (χ2n) is 8.07. The van der Waals surface area contributed by atoms with E-state index in [0.717, 1.165) is 31.7 Å². The molecule has 1 saturated heterocycles. The summed E-state index contributed by atoms with van der Waals surface area (Å²) in [6.45, 7) is 8.38. The number of hydrogen-bond acceptors (Lipinski definition) is 2. The van der Waals surface area contributed by atoms with E-state index in [2.05, 4.69) is 26.1 Å². The number of nitrogens with zero attached hydrogens (tertiary/aromatic N) is 1.